The maximum absolute atomic E-state index is 13.0. The molecule has 27 heavy (non-hydrogen) atoms. The van der Waals surface area contributed by atoms with Crippen LogP contribution in [0.3, 0.4) is 0 Å². The minimum absolute atomic E-state index is 0.271. The van der Waals surface area contributed by atoms with Crippen LogP contribution >= 0.6 is 0 Å². The van der Waals surface area contributed by atoms with Crippen molar-refractivity contribution in [1.29, 1.82) is 0 Å². The van der Waals surface area contributed by atoms with E-state index in [1.165, 1.54) is 29.2 Å². The lowest BCUT2D eigenvalue weighted by Crippen LogP contribution is -2.48. The standard InChI is InChI=1S/C16H15F2N7O2/c17-15(18)9-1-2-13-20-6-11(25(13)23-9)10-5-14(22-8-21-10)24-3-4-27-12(7-24)16(19)26/h1-2,5-6,8,12,15H,3-4,7H2,(H2,19,26). The predicted octanol–water partition coefficient (Wildman–Crippen LogP) is 0.814. The van der Waals surface area contributed by atoms with Crippen LogP contribution in [0.5, 0.6) is 0 Å². The van der Waals surface area contributed by atoms with Crippen LogP contribution in [0.1, 0.15) is 12.1 Å². The molecule has 3 aromatic rings. The van der Waals surface area contributed by atoms with Gasteiger partial charge in [0.2, 0.25) is 5.91 Å². The van der Waals surface area contributed by atoms with Gasteiger partial charge in [0.15, 0.2) is 11.8 Å². The first-order valence-corrected chi connectivity index (χ1v) is 8.14. The number of morpholine rings is 1. The number of alkyl halides is 2. The van der Waals surface area contributed by atoms with E-state index in [1.54, 1.807) is 6.07 Å². The second kappa shape index (κ2) is 6.83. The van der Waals surface area contributed by atoms with Crippen LogP contribution in [0, 0.1) is 0 Å². The molecule has 0 spiro atoms. The molecule has 0 aromatic carbocycles. The fraction of sp³-hybridized carbons (Fsp3) is 0.312. The highest BCUT2D eigenvalue weighted by molar-refractivity contribution is 5.79. The Morgan fingerprint density at radius 2 is 2.15 bits per heavy atom. The van der Waals surface area contributed by atoms with E-state index in [-0.39, 0.29) is 12.2 Å². The first-order chi connectivity index (χ1) is 13.0. The van der Waals surface area contributed by atoms with Gasteiger partial charge in [0, 0.05) is 12.6 Å². The Bertz CT molecular complexity index is 994. The van der Waals surface area contributed by atoms with Gasteiger partial charge in [0.05, 0.1) is 25.0 Å². The summed E-state index contributed by atoms with van der Waals surface area (Å²) in [5.74, 6) is 0.0222. The Morgan fingerprint density at radius 1 is 1.30 bits per heavy atom. The van der Waals surface area contributed by atoms with Crippen LogP contribution in [-0.4, -0.2) is 56.3 Å². The monoisotopic (exact) mass is 375 g/mol. The third-order valence-corrected chi connectivity index (χ3v) is 4.23. The van der Waals surface area contributed by atoms with Gasteiger partial charge in [-0.15, -0.1) is 0 Å². The first-order valence-electron chi connectivity index (χ1n) is 8.14. The van der Waals surface area contributed by atoms with E-state index in [1.807, 2.05) is 4.90 Å². The Labute approximate surface area is 151 Å². The zero-order chi connectivity index (χ0) is 19.0. The molecule has 1 atom stereocenters. The van der Waals surface area contributed by atoms with Gasteiger partial charge in [-0.05, 0) is 12.1 Å². The van der Waals surface area contributed by atoms with E-state index in [9.17, 15) is 13.6 Å². The van der Waals surface area contributed by atoms with Gasteiger partial charge in [-0.3, -0.25) is 4.79 Å². The minimum atomic E-state index is -2.69. The highest BCUT2D eigenvalue weighted by Crippen LogP contribution is 2.24. The van der Waals surface area contributed by atoms with E-state index >= 15 is 0 Å². The van der Waals surface area contributed by atoms with Crippen molar-refractivity contribution in [3.8, 4) is 11.4 Å². The van der Waals surface area contributed by atoms with Crippen LogP contribution in [-0.2, 0) is 9.53 Å². The molecule has 1 unspecified atom stereocenters. The lowest BCUT2D eigenvalue weighted by atomic mass is 10.2. The highest BCUT2D eigenvalue weighted by Gasteiger charge is 2.26. The van der Waals surface area contributed by atoms with Crippen LogP contribution < -0.4 is 10.6 Å². The predicted molar refractivity (Wildman–Crippen MR) is 90.1 cm³/mol. The number of hydrogen-bond acceptors (Lipinski definition) is 7. The van der Waals surface area contributed by atoms with Gasteiger partial charge >= 0.3 is 0 Å². The van der Waals surface area contributed by atoms with E-state index in [0.29, 0.717) is 36.0 Å². The number of carbonyl (C=O) groups excluding carboxylic acids is 1. The average molecular weight is 375 g/mol. The number of aromatic nitrogens is 5. The summed E-state index contributed by atoms with van der Waals surface area (Å²) in [6.07, 6.45) is -0.543. The molecule has 1 saturated heterocycles. The molecule has 1 aliphatic heterocycles. The van der Waals surface area contributed by atoms with Crippen LogP contribution in [0.2, 0.25) is 0 Å². The van der Waals surface area contributed by atoms with E-state index in [2.05, 4.69) is 20.1 Å². The van der Waals surface area contributed by atoms with E-state index in [4.69, 9.17) is 10.5 Å². The minimum Gasteiger partial charge on any atom is -0.367 e. The van der Waals surface area contributed by atoms with Gasteiger partial charge < -0.3 is 15.4 Å². The number of hydrogen-bond donors (Lipinski definition) is 1. The van der Waals surface area contributed by atoms with Crippen molar-refractivity contribution >= 4 is 17.4 Å². The van der Waals surface area contributed by atoms with Gasteiger partial charge in [-0.1, -0.05) is 0 Å². The number of carbonyl (C=O) groups is 1. The quantitative estimate of drug-likeness (QED) is 0.718. The highest BCUT2D eigenvalue weighted by atomic mass is 19.3. The molecule has 1 aliphatic rings. The maximum Gasteiger partial charge on any atom is 0.282 e. The molecule has 0 radical (unpaired) electrons. The number of ether oxygens (including phenoxy) is 1. The summed E-state index contributed by atoms with van der Waals surface area (Å²) in [5, 5.41) is 3.94. The van der Waals surface area contributed by atoms with Crippen molar-refractivity contribution in [2.45, 2.75) is 12.5 Å². The molecule has 1 amide bonds. The number of anilines is 1. The number of imidazole rings is 1. The van der Waals surface area contributed by atoms with Crippen molar-refractivity contribution in [1.82, 2.24) is 24.6 Å². The largest absolute Gasteiger partial charge is 0.367 e. The van der Waals surface area contributed by atoms with Crippen molar-refractivity contribution in [2.75, 3.05) is 24.6 Å². The lowest BCUT2D eigenvalue weighted by Gasteiger charge is -2.32. The molecule has 0 aliphatic carbocycles. The van der Waals surface area contributed by atoms with Crippen LogP contribution in [0.25, 0.3) is 17.0 Å². The lowest BCUT2D eigenvalue weighted by molar-refractivity contribution is -0.130. The molecule has 3 aromatic heterocycles. The summed E-state index contributed by atoms with van der Waals surface area (Å²) >= 11 is 0. The smallest absolute Gasteiger partial charge is 0.282 e. The number of fused-ring (bicyclic) bond motifs is 1. The maximum atomic E-state index is 13.0. The van der Waals surface area contributed by atoms with Crippen LogP contribution in [0.15, 0.2) is 30.7 Å². The summed E-state index contributed by atoms with van der Waals surface area (Å²) < 4.78 is 32.6. The van der Waals surface area contributed by atoms with Crippen molar-refractivity contribution in [3.05, 3.63) is 36.4 Å². The van der Waals surface area contributed by atoms with Gasteiger partial charge in [0.1, 0.15) is 23.5 Å². The van der Waals surface area contributed by atoms with Gasteiger partial charge in [0.25, 0.3) is 6.43 Å². The zero-order valence-corrected chi connectivity index (χ0v) is 14.0. The number of primary amides is 1. The molecule has 9 nitrogen and oxygen atoms in total. The second-order valence-corrected chi connectivity index (χ2v) is 5.94. The SMILES string of the molecule is NC(=O)C1CN(c2cc(-c3cnc4ccc(C(F)F)nn34)ncn2)CCO1. The number of rotatable bonds is 4. The fourth-order valence-corrected chi connectivity index (χ4v) is 2.87. The Kier molecular flexibility index (Phi) is 4.36. The van der Waals surface area contributed by atoms with E-state index in [0.717, 1.165) is 0 Å². The van der Waals surface area contributed by atoms with Crippen LogP contribution in [0.4, 0.5) is 14.6 Å². The molecule has 2 N–H and O–H groups in total. The molecule has 140 valence electrons. The Morgan fingerprint density at radius 3 is 2.93 bits per heavy atom. The zero-order valence-electron chi connectivity index (χ0n) is 14.0. The second-order valence-electron chi connectivity index (χ2n) is 5.94. The summed E-state index contributed by atoms with van der Waals surface area (Å²) in [5.41, 5.74) is 6.30. The van der Waals surface area contributed by atoms with Gasteiger partial charge in [-0.25, -0.2) is 28.2 Å². The Balaban J connectivity index is 1.69. The van der Waals surface area contributed by atoms with Crippen molar-refractivity contribution < 1.29 is 18.3 Å². The molecular weight excluding hydrogens is 360 g/mol. The molecule has 11 heteroatoms. The number of nitrogens with zero attached hydrogens (tertiary/aromatic N) is 6. The van der Waals surface area contributed by atoms with Crippen molar-refractivity contribution in [3.63, 3.8) is 0 Å². The molecule has 0 bridgehead atoms. The van der Waals surface area contributed by atoms with Gasteiger partial charge in [-0.2, -0.15) is 5.10 Å². The third kappa shape index (κ3) is 3.28. The van der Waals surface area contributed by atoms with E-state index < -0.39 is 18.4 Å². The summed E-state index contributed by atoms with van der Waals surface area (Å²) in [6.45, 7) is 1.13. The fourth-order valence-electron chi connectivity index (χ4n) is 2.87. The molecule has 4 rings (SSSR count). The first kappa shape index (κ1) is 17.2. The molecular formula is C16H15F2N7O2. The summed E-state index contributed by atoms with van der Waals surface area (Å²) in [7, 11) is 0. The number of halogens is 2. The summed E-state index contributed by atoms with van der Waals surface area (Å²) in [4.78, 5) is 25.8. The molecule has 0 saturated carbocycles. The number of amides is 1. The topological polar surface area (TPSA) is 112 Å². The molecule has 1 fully saturated rings. The third-order valence-electron chi connectivity index (χ3n) is 4.23. The normalized spacial score (nSPS) is 17.6. The average Bonchev–Trinajstić information content (AvgIpc) is 3.11. The molecule has 4 heterocycles. The Hall–Kier alpha value is -3.21. The summed E-state index contributed by atoms with van der Waals surface area (Å²) in [6, 6.07) is 4.39. The van der Waals surface area contributed by atoms with Crippen molar-refractivity contribution in [2.24, 2.45) is 5.73 Å². The number of nitrogens with two attached hydrogens (primary N) is 1.